The van der Waals surface area contributed by atoms with Gasteiger partial charge in [-0.15, -0.1) is 11.3 Å². The van der Waals surface area contributed by atoms with E-state index in [1.807, 2.05) is 102 Å². The van der Waals surface area contributed by atoms with Gasteiger partial charge in [0.15, 0.2) is 0 Å². The van der Waals surface area contributed by atoms with E-state index in [1.165, 1.54) is 0 Å². The molecule has 10 N–H and O–H groups in total. The van der Waals surface area contributed by atoms with Crippen LogP contribution >= 0.6 is 11.3 Å². The molecule has 7 rings (SSSR count). The van der Waals surface area contributed by atoms with Gasteiger partial charge >= 0.3 is 0 Å². The van der Waals surface area contributed by atoms with Gasteiger partial charge in [0.2, 0.25) is 29.5 Å². The Morgan fingerprint density at radius 3 is 1.90 bits per heavy atom. The van der Waals surface area contributed by atoms with Crippen molar-refractivity contribution in [1.29, 1.82) is 0 Å². The highest BCUT2D eigenvalue weighted by atomic mass is 32.1. The van der Waals surface area contributed by atoms with E-state index in [4.69, 9.17) is 11.5 Å². The summed E-state index contributed by atoms with van der Waals surface area (Å²) in [5.41, 5.74) is 12.5. The van der Waals surface area contributed by atoms with Crippen molar-refractivity contribution in [2.75, 3.05) is 26.2 Å². The number of primary amides is 1. The molecular weight excluding hydrogens is 765 g/mol. The second kappa shape index (κ2) is 18.5. The zero-order valence-electron chi connectivity index (χ0n) is 32.9. The van der Waals surface area contributed by atoms with Crippen LogP contribution in [0.5, 0.6) is 0 Å². The number of thiophene rings is 1. The van der Waals surface area contributed by atoms with Gasteiger partial charge in [0, 0.05) is 24.0 Å². The number of nitrogens with two attached hydrogens (primary N) is 2. The van der Waals surface area contributed by atoms with E-state index < -0.39 is 58.7 Å². The van der Waals surface area contributed by atoms with E-state index in [9.17, 15) is 24.0 Å². The molecule has 3 heterocycles. The van der Waals surface area contributed by atoms with Crippen molar-refractivity contribution in [2.24, 2.45) is 11.5 Å². The predicted octanol–water partition coefficient (Wildman–Crippen LogP) is 2.34. The number of benzene rings is 4. The van der Waals surface area contributed by atoms with Gasteiger partial charge in [-0.1, -0.05) is 91.0 Å². The molecule has 3 atom stereocenters. The minimum atomic E-state index is -1.29. The molecule has 0 bridgehead atoms. The second-order valence-corrected chi connectivity index (χ2v) is 16.7. The van der Waals surface area contributed by atoms with Crippen LogP contribution in [0, 0.1) is 0 Å². The summed E-state index contributed by atoms with van der Waals surface area (Å²) < 4.78 is 1.04. The Balaban J connectivity index is 1.20. The van der Waals surface area contributed by atoms with Gasteiger partial charge in [0.25, 0.3) is 0 Å². The highest BCUT2D eigenvalue weighted by Crippen LogP contribution is 2.27. The molecule has 13 nitrogen and oxygen atoms in total. The normalized spacial score (nSPS) is 17.6. The first-order chi connectivity index (χ1) is 28.5. The van der Waals surface area contributed by atoms with Crippen molar-refractivity contribution in [3.8, 4) is 0 Å². The van der Waals surface area contributed by atoms with Crippen LogP contribution < -0.4 is 43.4 Å². The average molecular weight is 817 g/mol. The molecule has 59 heavy (non-hydrogen) atoms. The highest BCUT2D eigenvalue weighted by Gasteiger charge is 2.42. The summed E-state index contributed by atoms with van der Waals surface area (Å²) in [6.45, 7) is 2.11. The molecule has 0 saturated carbocycles. The van der Waals surface area contributed by atoms with E-state index in [2.05, 4.69) is 31.9 Å². The predicted molar refractivity (Wildman–Crippen MR) is 230 cm³/mol. The number of hydrogen-bond acceptors (Lipinski definition) is 9. The van der Waals surface area contributed by atoms with E-state index in [-0.39, 0.29) is 19.3 Å². The molecule has 0 unspecified atom stereocenters. The summed E-state index contributed by atoms with van der Waals surface area (Å²) in [5, 5.41) is 23.1. The van der Waals surface area contributed by atoms with Crippen molar-refractivity contribution in [1.82, 2.24) is 31.9 Å². The molecular formula is C45H52N8O5S. The smallest absolute Gasteiger partial charge is 0.243 e. The molecule has 2 aliphatic heterocycles. The SMILES string of the molecule is NC(=O)C1(NC(=O)[C@H](Cc2ccccc2)NC(=O)[C@H](Cc2ccc3ccccc3c2)NC(=O)[C@@H](Cc2csc3ccccc23)NC(=O)C2(N)CCNCC2)CCNCC1. The molecule has 0 spiro atoms. The number of fused-ring (bicyclic) bond motifs is 2. The van der Waals surface area contributed by atoms with Crippen molar-refractivity contribution in [2.45, 2.75) is 74.1 Å². The van der Waals surface area contributed by atoms with Gasteiger partial charge in [-0.25, -0.2) is 0 Å². The van der Waals surface area contributed by atoms with Crippen LogP contribution in [0.3, 0.4) is 0 Å². The largest absolute Gasteiger partial charge is 0.368 e. The topological polar surface area (TPSA) is 210 Å². The molecule has 5 aromatic rings. The summed E-state index contributed by atoms with van der Waals surface area (Å²) in [5.74, 6) is -2.83. The molecule has 308 valence electrons. The fourth-order valence-corrected chi connectivity index (χ4v) is 9.02. The number of piperidine rings is 2. The lowest BCUT2D eigenvalue weighted by Crippen LogP contribution is -2.65. The van der Waals surface area contributed by atoms with E-state index in [1.54, 1.807) is 11.3 Å². The number of carbonyl (C=O) groups excluding carboxylic acids is 5. The van der Waals surface area contributed by atoms with E-state index in [0.717, 1.165) is 37.5 Å². The third kappa shape index (κ3) is 9.97. The molecule has 14 heteroatoms. The standard InChI is InChI=1S/C45H52N8O5S/c46-42(57)45(18-22-49-23-19-45)53-41(56)36(25-29-8-2-1-3-9-29)51-39(54)35(26-30-14-15-31-10-4-5-11-32(31)24-30)50-40(55)37(52-43(58)44(47)16-20-48-21-17-44)27-33-28-59-38-13-7-6-12-34(33)38/h1-15,24,28,35-37,48-49H,16-23,25-27,47H2,(H2,46,57)(H,50,55)(H,51,54)(H,52,58)(H,53,56)/t35-,36-,37+/m0/s1. The second-order valence-electron chi connectivity index (χ2n) is 15.8. The van der Waals surface area contributed by atoms with E-state index >= 15 is 0 Å². The molecule has 2 saturated heterocycles. The molecule has 2 aliphatic rings. The van der Waals surface area contributed by atoms with Gasteiger partial charge in [0.1, 0.15) is 23.7 Å². The number of nitrogens with one attached hydrogen (secondary N) is 6. The summed E-state index contributed by atoms with van der Waals surface area (Å²) >= 11 is 1.55. The Hall–Kier alpha value is -5.67. The average Bonchev–Trinajstić information content (AvgIpc) is 3.66. The summed E-state index contributed by atoms with van der Waals surface area (Å²) in [7, 11) is 0. The number of amides is 5. The van der Waals surface area contributed by atoms with Crippen LogP contribution in [0.15, 0.2) is 102 Å². The Morgan fingerprint density at radius 2 is 1.20 bits per heavy atom. The number of rotatable bonds is 15. The Bertz CT molecular complexity index is 2300. The fourth-order valence-electron chi connectivity index (χ4n) is 8.05. The molecule has 0 radical (unpaired) electrons. The summed E-state index contributed by atoms with van der Waals surface area (Å²) in [4.78, 5) is 70.2. The lowest BCUT2D eigenvalue weighted by atomic mass is 9.87. The first-order valence-corrected chi connectivity index (χ1v) is 21.1. The summed E-state index contributed by atoms with van der Waals surface area (Å²) in [6, 6.07) is 27.4. The Kier molecular flexibility index (Phi) is 13.0. The Labute approximate surface area is 347 Å². The van der Waals surface area contributed by atoms with Crippen LogP contribution in [0.2, 0.25) is 0 Å². The maximum absolute atomic E-state index is 14.7. The molecule has 4 aromatic carbocycles. The third-order valence-electron chi connectivity index (χ3n) is 11.6. The first kappa shape index (κ1) is 41.5. The minimum Gasteiger partial charge on any atom is -0.368 e. The zero-order chi connectivity index (χ0) is 41.4. The highest BCUT2D eigenvalue weighted by molar-refractivity contribution is 7.17. The quantitative estimate of drug-likeness (QED) is 0.0785. The number of carbonyl (C=O) groups is 5. The third-order valence-corrected chi connectivity index (χ3v) is 12.7. The summed E-state index contributed by atoms with van der Waals surface area (Å²) in [6.07, 6.45) is 1.75. The molecule has 1 aromatic heterocycles. The van der Waals surface area contributed by atoms with Crippen molar-refractivity contribution < 1.29 is 24.0 Å². The fraction of sp³-hybridized carbons (Fsp3) is 0.356. The first-order valence-electron chi connectivity index (χ1n) is 20.2. The molecule has 2 fully saturated rings. The minimum absolute atomic E-state index is 0.0769. The van der Waals surface area contributed by atoms with Crippen LogP contribution in [0.4, 0.5) is 0 Å². The van der Waals surface area contributed by atoms with Crippen LogP contribution in [-0.2, 0) is 43.2 Å². The number of hydrogen-bond donors (Lipinski definition) is 8. The van der Waals surface area contributed by atoms with Crippen molar-refractivity contribution >= 4 is 61.7 Å². The maximum atomic E-state index is 14.7. The van der Waals surface area contributed by atoms with Crippen molar-refractivity contribution in [3.05, 3.63) is 119 Å². The van der Waals surface area contributed by atoms with E-state index in [0.29, 0.717) is 51.9 Å². The van der Waals surface area contributed by atoms with Gasteiger partial charge in [-0.3, -0.25) is 24.0 Å². The van der Waals surface area contributed by atoms with Crippen LogP contribution in [0.1, 0.15) is 42.4 Å². The maximum Gasteiger partial charge on any atom is 0.243 e. The molecule has 5 amide bonds. The zero-order valence-corrected chi connectivity index (χ0v) is 33.7. The van der Waals surface area contributed by atoms with Crippen LogP contribution in [0.25, 0.3) is 20.9 Å². The van der Waals surface area contributed by atoms with Crippen molar-refractivity contribution in [3.63, 3.8) is 0 Å². The molecule has 0 aliphatic carbocycles. The van der Waals surface area contributed by atoms with Crippen LogP contribution in [-0.4, -0.2) is 84.9 Å². The van der Waals surface area contributed by atoms with Gasteiger partial charge in [0.05, 0.1) is 5.54 Å². The Morgan fingerprint density at radius 1 is 0.627 bits per heavy atom. The van der Waals surface area contributed by atoms with Gasteiger partial charge < -0.3 is 43.4 Å². The van der Waals surface area contributed by atoms with Gasteiger partial charge in [-0.05, 0) is 96.2 Å². The van der Waals surface area contributed by atoms with Gasteiger partial charge in [-0.2, -0.15) is 0 Å². The lowest BCUT2D eigenvalue weighted by Gasteiger charge is -2.37. The monoisotopic (exact) mass is 816 g/mol. The lowest BCUT2D eigenvalue weighted by molar-refractivity contribution is -0.136.